The third-order valence-electron chi connectivity index (χ3n) is 7.10. The zero-order chi connectivity index (χ0) is 29.6. The van der Waals surface area contributed by atoms with E-state index >= 15 is 0 Å². The zero-order valence-corrected chi connectivity index (χ0v) is 24.5. The molecule has 0 bridgehead atoms. The van der Waals surface area contributed by atoms with Crippen LogP contribution in [0, 0.1) is 12.7 Å². The van der Waals surface area contributed by atoms with Gasteiger partial charge in [0.1, 0.15) is 22.4 Å². The molecule has 1 aromatic carbocycles. The average molecular weight is 566 g/mol. The van der Waals surface area contributed by atoms with E-state index in [0.29, 0.717) is 36.6 Å². The Bertz CT molecular complexity index is 1640. The number of hydrogen-bond donors (Lipinski definition) is 1. The van der Waals surface area contributed by atoms with Gasteiger partial charge in [0.2, 0.25) is 0 Å². The highest BCUT2D eigenvalue weighted by molar-refractivity contribution is 6.16. The Labute approximate surface area is 237 Å². The third kappa shape index (κ3) is 5.50. The van der Waals surface area contributed by atoms with E-state index in [9.17, 15) is 14.0 Å². The van der Waals surface area contributed by atoms with E-state index in [1.165, 1.54) is 17.6 Å². The van der Waals surface area contributed by atoms with Gasteiger partial charge in [0, 0.05) is 62.8 Å². The lowest BCUT2D eigenvalue weighted by molar-refractivity contribution is 0.0190. The highest BCUT2D eigenvalue weighted by Gasteiger charge is 2.34. The Morgan fingerprint density at radius 2 is 1.98 bits per heavy atom. The van der Waals surface area contributed by atoms with Crippen LogP contribution in [0.4, 0.5) is 20.6 Å². The first kappa shape index (κ1) is 28.2. The molecule has 0 spiro atoms. The number of imidazole rings is 1. The number of amides is 2. The Morgan fingerprint density at radius 1 is 1.22 bits per heavy atom. The van der Waals surface area contributed by atoms with Gasteiger partial charge in [-0.15, -0.1) is 0 Å². The molecule has 1 saturated heterocycles. The monoisotopic (exact) mass is 565 g/mol. The van der Waals surface area contributed by atoms with Gasteiger partial charge in [0.15, 0.2) is 11.5 Å². The standard InChI is InChI=1S/C29H36FN7O4/c1-8-37(28(39)41-29(3,4)5)19-9-10-35(15-19)22-12-23(40-7)24(25-20(22)16-34(6)33-25)27(38)32-18-11-21(30)26-31-17(2)13-36(26)14-18/h11-14,16,19H,8-10,15H2,1-7H3,(H,32,38). The van der Waals surface area contributed by atoms with E-state index in [0.717, 1.165) is 17.5 Å². The number of hydrogen-bond acceptors (Lipinski definition) is 7. The SMILES string of the molecule is CCN(C(=O)OC(C)(C)C)C1CCN(c2cc(OC)c(C(=O)Nc3cc(F)c4nc(C)cn4c3)c3nn(C)cc23)C1. The van der Waals surface area contributed by atoms with Gasteiger partial charge in [-0.3, -0.25) is 9.48 Å². The second-order valence-corrected chi connectivity index (χ2v) is 11.3. The van der Waals surface area contributed by atoms with Crippen LogP contribution in [0.3, 0.4) is 0 Å². The molecule has 4 heterocycles. The number of benzene rings is 1. The van der Waals surface area contributed by atoms with E-state index in [-0.39, 0.29) is 29.0 Å². The maximum atomic E-state index is 14.7. The fraction of sp³-hybridized carbons (Fsp3) is 0.448. The Kier molecular flexibility index (Phi) is 7.26. The molecule has 3 aromatic heterocycles. The van der Waals surface area contributed by atoms with E-state index in [4.69, 9.17) is 9.47 Å². The quantitative estimate of drug-likeness (QED) is 0.359. The fourth-order valence-electron chi connectivity index (χ4n) is 5.41. The lowest BCUT2D eigenvalue weighted by Crippen LogP contribution is -2.44. The lowest BCUT2D eigenvalue weighted by atomic mass is 10.1. The summed E-state index contributed by atoms with van der Waals surface area (Å²) in [5.41, 5.74) is 2.10. The van der Waals surface area contributed by atoms with E-state index in [2.05, 4.69) is 20.3 Å². The number of anilines is 2. The van der Waals surface area contributed by atoms with Crippen LogP contribution >= 0.6 is 0 Å². The van der Waals surface area contributed by atoms with Crippen molar-refractivity contribution in [3.8, 4) is 5.75 Å². The summed E-state index contributed by atoms with van der Waals surface area (Å²) in [5.74, 6) is -0.682. The van der Waals surface area contributed by atoms with E-state index in [1.807, 2.05) is 40.0 Å². The van der Waals surface area contributed by atoms with Gasteiger partial charge in [0.05, 0.1) is 30.2 Å². The summed E-state index contributed by atoms with van der Waals surface area (Å²) >= 11 is 0. The molecule has 12 heteroatoms. The molecule has 0 aliphatic carbocycles. The summed E-state index contributed by atoms with van der Waals surface area (Å²) < 4.78 is 29.2. The molecule has 1 unspecified atom stereocenters. The number of aromatic nitrogens is 4. The number of methoxy groups -OCH3 is 1. The number of aryl methyl sites for hydroxylation is 2. The number of halogens is 1. The first-order chi connectivity index (χ1) is 19.4. The summed E-state index contributed by atoms with van der Waals surface area (Å²) in [6.07, 6.45) is 5.59. The summed E-state index contributed by atoms with van der Waals surface area (Å²) in [6.45, 7) is 11.1. The summed E-state index contributed by atoms with van der Waals surface area (Å²) in [7, 11) is 3.29. The van der Waals surface area contributed by atoms with Crippen LogP contribution in [0.15, 0.2) is 30.7 Å². The van der Waals surface area contributed by atoms with Gasteiger partial charge < -0.3 is 29.0 Å². The normalized spacial score (nSPS) is 15.5. The van der Waals surface area contributed by atoms with Crippen molar-refractivity contribution >= 4 is 39.9 Å². The second kappa shape index (κ2) is 10.6. The number of fused-ring (bicyclic) bond motifs is 2. The molecule has 1 atom stereocenters. The molecule has 1 aliphatic rings. The van der Waals surface area contributed by atoms with Crippen LogP contribution in [-0.4, -0.2) is 74.5 Å². The third-order valence-corrected chi connectivity index (χ3v) is 7.10. The van der Waals surface area contributed by atoms with E-state index < -0.39 is 17.3 Å². The predicted octanol–water partition coefficient (Wildman–Crippen LogP) is 4.77. The molecule has 0 saturated carbocycles. The molecule has 218 valence electrons. The molecule has 1 aliphatic heterocycles. The molecular formula is C29H36FN7O4. The van der Waals surface area contributed by atoms with E-state index in [1.54, 1.807) is 35.9 Å². The van der Waals surface area contributed by atoms with Gasteiger partial charge in [-0.05, 0) is 41.0 Å². The van der Waals surface area contributed by atoms with Crippen molar-refractivity contribution in [2.24, 2.45) is 7.05 Å². The first-order valence-corrected chi connectivity index (χ1v) is 13.6. The topological polar surface area (TPSA) is 106 Å². The largest absolute Gasteiger partial charge is 0.496 e. The molecule has 1 fully saturated rings. The van der Waals surface area contributed by atoms with Crippen LogP contribution in [-0.2, 0) is 11.8 Å². The minimum atomic E-state index is -0.580. The van der Waals surface area contributed by atoms with Gasteiger partial charge >= 0.3 is 6.09 Å². The van der Waals surface area contributed by atoms with Crippen molar-refractivity contribution in [1.82, 2.24) is 24.1 Å². The maximum Gasteiger partial charge on any atom is 0.410 e. The Hall–Kier alpha value is -4.35. The molecule has 0 radical (unpaired) electrons. The Balaban J connectivity index is 1.46. The maximum absolute atomic E-state index is 14.7. The predicted molar refractivity (Wildman–Crippen MR) is 154 cm³/mol. The van der Waals surface area contributed by atoms with Crippen molar-refractivity contribution in [3.63, 3.8) is 0 Å². The van der Waals surface area contributed by atoms with Crippen molar-refractivity contribution in [3.05, 3.63) is 47.8 Å². The van der Waals surface area contributed by atoms with Gasteiger partial charge in [-0.1, -0.05) is 0 Å². The summed E-state index contributed by atoms with van der Waals surface area (Å²) in [6, 6.07) is 3.03. The van der Waals surface area contributed by atoms with Crippen molar-refractivity contribution < 1.29 is 23.5 Å². The molecule has 5 rings (SSSR count). The first-order valence-electron chi connectivity index (χ1n) is 13.6. The molecule has 41 heavy (non-hydrogen) atoms. The van der Waals surface area contributed by atoms with Crippen molar-refractivity contribution in [2.45, 2.75) is 52.7 Å². The lowest BCUT2D eigenvalue weighted by Gasteiger charge is -2.31. The Morgan fingerprint density at radius 3 is 2.66 bits per heavy atom. The highest BCUT2D eigenvalue weighted by atomic mass is 19.1. The van der Waals surface area contributed by atoms with Crippen LogP contribution in [0.1, 0.15) is 50.2 Å². The summed E-state index contributed by atoms with van der Waals surface area (Å²) in [5, 5.41) is 8.17. The number of nitrogens with one attached hydrogen (secondary N) is 1. The van der Waals surface area contributed by atoms with Crippen LogP contribution in [0.2, 0.25) is 0 Å². The number of carbonyl (C=O) groups is 2. The van der Waals surface area contributed by atoms with Gasteiger partial charge in [0.25, 0.3) is 5.91 Å². The smallest absolute Gasteiger partial charge is 0.410 e. The molecule has 4 aromatic rings. The average Bonchev–Trinajstić information content (AvgIpc) is 3.60. The number of pyridine rings is 1. The van der Waals surface area contributed by atoms with Crippen LogP contribution in [0.25, 0.3) is 16.6 Å². The molecule has 11 nitrogen and oxygen atoms in total. The second-order valence-electron chi connectivity index (χ2n) is 11.3. The zero-order valence-electron chi connectivity index (χ0n) is 24.5. The molecule has 2 amide bonds. The minimum absolute atomic E-state index is 0.0350. The molecular weight excluding hydrogens is 529 g/mol. The van der Waals surface area contributed by atoms with Crippen LogP contribution in [0.5, 0.6) is 5.75 Å². The van der Waals surface area contributed by atoms with Crippen molar-refractivity contribution in [2.75, 3.05) is 37.0 Å². The van der Waals surface area contributed by atoms with Gasteiger partial charge in [-0.25, -0.2) is 14.2 Å². The van der Waals surface area contributed by atoms with Crippen molar-refractivity contribution in [1.29, 1.82) is 0 Å². The van der Waals surface area contributed by atoms with Gasteiger partial charge in [-0.2, -0.15) is 5.10 Å². The highest BCUT2D eigenvalue weighted by Crippen LogP contribution is 2.38. The number of ether oxygens (including phenoxy) is 2. The molecule has 1 N–H and O–H groups in total. The number of nitrogens with zero attached hydrogens (tertiary/aromatic N) is 6. The fourth-order valence-corrected chi connectivity index (χ4v) is 5.41. The minimum Gasteiger partial charge on any atom is -0.496 e. The number of carbonyl (C=O) groups excluding carboxylic acids is 2. The van der Waals surface area contributed by atoms with Crippen LogP contribution < -0.4 is 15.0 Å². The number of likely N-dealkylation sites (N-methyl/N-ethyl adjacent to an activating group) is 1. The number of rotatable bonds is 6. The summed E-state index contributed by atoms with van der Waals surface area (Å²) in [4.78, 5) is 34.6.